The highest BCUT2D eigenvalue weighted by molar-refractivity contribution is 6.02. The number of likely N-dealkylation sites (tertiary alicyclic amines) is 1. The van der Waals surface area contributed by atoms with E-state index in [9.17, 15) is 18.0 Å². The molecule has 13 heteroatoms. The molecule has 0 radical (unpaired) electrons. The lowest BCUT2D eigenvalue weighted by atomic mass is 10.0. The third-order valence-corrected chi connectivity index (χ3v) is 8.26. The molecular formula is C29H33F3N6O4. The number of aromatic nitrogens is 5. The number of fused-ring (bicyclic) bond motifs is 3. The Balaban J connectivity index is 1.28. The van der Waals surface area contributed by atoms with Crippen molar-refractivity contribution < 1.29 is 27.4 Å². The quantitative estimate of drug-likeness (QED) is 0.305. The third kappa shape index (κ3) is 5.53. The Bertz CT molecular complexity index is 1610. The Morgan fingerprint density at radius 2 is 1.88 bits per heavy atom. The number of rotatable bonds is 8. The summed E-state index contributed by atoms with van der Waals surface area (Å²) in [5.41, 5.74) is 2.77. The monoisotopic (exact) mass is 586 g/mol. The van der Waals surface area contributed by atoms with E-state index in [1.165, 1.54) is 16.8 Å². The number of alkyl halides is 3. The van der Waals surface area contributed by atoms with Crippen LogP contribution >= 0.6 is 0 Å². The molecule has 42 heavy (non-hydrogen) atoms. The summed E-state index contributed by atoms with van der Waals surface area (Å²) in [6.45, 7) is 2.91. The van der Waals surface area contributed by atoms with Crippen LogP contribution in [0.3, 0.4) is 0 Å². The molecule has 2 unspecified atom stereocenters. The molecule has 10 nitrogen and oxygen atoms in total. The number of halogens is 3. The van der Waals surface area contributed by atoms with E-state index in [-0.39, 0.29) is 30.1 Å². The molecule has 0 N–H and O–H groups in total. The zero-order chi connectivity index (χ0) is 29.4. The predicted molar refractivity (Wildman–Crippen MR) is 149 cm³/mol. The van der Waals surface area contributed by atoms with Gasteiger partial charge in [-0.05, 0) is 43.0 Å². The fourth-order valence-corrected chi connectivity index (χ4v) is 5.93. The van der Waals surface area contributed by atoms with E-state index in [1.54, 1.807) is 30.9 Å². The lowest BCUT2D eigenvalue weighted by Crippen LogP contribution is -2.30. The second-order valence-electron chi connectivity index (χ2n) is 10.9. The Hall–Kier alpha value is -3.39. The van der Waals surface area contributed by atoms with Crippen LogP contribution in [0.4, 0.5) is 13.2 Å². The van der Waals surface area contributed by atoms with Gasteiger partial charge in [-0.3, -0.25) is 19.0 Å². The number of ether oxygens (including phenoxy) is 3. The van der Waals surface area contributed by atoms with Gasteiger partial charge >= 0.3 is 11.9 Å². The number of benzene rings is 1. The van der Waals surface area contributed by atoms with E-state index in [0.29, 0.717) is 61.4 Å². The maximum Gasteiger partial charge on any atom is 0.420 e. The summed E-state index contributed by atoms with van der Waals surface area (Å²) < 4.78 is 61.3. The van der Waals surface area contributed by atoms with Gasteiger partial charge in [0.05, 0.1) is 23.9 Å². The average molecular weight is 587 g/mol. The molecule has 2 fully saturated rings. The number of nitrogens with zero attached hydrogens (tertiary/aromatic N) is 6. The highest BCUT2D eigenvalue weighted by atomic mass is 19.4. The van der Waals surface area contributed by atoms with Gasteiger partial charge in [0.2, 0.25) is 0 Å². The largest absolute Gasteiger partial charge is 0.420 e. The van der Waals surface area contributed by atoms with Crippen LogP contribution < -0.4 is 5.69 Å². The van der Waals surface area contributed by atoms with Gasteiger partial charge in [-0.2, -0.15) is 13.2 Å². The van der Waals surface area contributed by atoms with E-state index in [0.717, 1.165) is 23.9 Å². The maximum absolute atomic E-state index is 13.9. The highest BCUT2D eigenvalue weighted by Gasteiger charge is 2.43. The first-order valence-corrected chi connectivity index (χ1v) is 14.1. The van der Waals surface area contributed by atoms with Crippen molar-refractivity contribution in [3.8, 4) is 11.1 Å². The van der Waals surface area contributed by atoms with Crippen molar-refractivity contribution in [2.45, 2.75) is 43.7 Å². The number of imidazole rings is 1. The highest BCUT2D eigenvalue weighted by Crippen LogP contribution is 2.36. The van der Waals surface area contributed by atoms with Crippen LogP contribution in [0.15, 0.2) is 41.3 Å². The minimum absolute atomic E-state index is 0.0295. The molecule has 2 aliphatic rings. The summed E-state index contributed by atoms with van der Waals surface area (Å²) in [5.74, 6) is 0. The van der Waals surface area contributed by atoms with Gasteiger partial charge in [-0.1, -0.05) is 12.1 Å². The fraction of sp³-hybridized carbons (Fsp3) is 0.517. The number of hydrogen-bond donors (Lipinski definition) is 0. The smallest absolute Gasteiger partial charge is 0.381 e. The first kappa shape index (κ1) is 28.7. The Morgan fingerprint density at radius 3 is 2.57 bits per heavy atom. The third-order valence-electron chi connectivity index (χ3n) is 8.26. The maximum atomic E-state index is 13.9. The van der Waals surface area contributed by atoms with Gasteiger partial charge in [-0.15, -0.1) is 10.2 Å². The number of hydrogen-bond acceptors (Lipinski definition) is 8. The standard InChI is InChI=1S/C29H33F3N6O4/c1-36-27-25(38(28(36)39)20-8-12-41-13-9-20)22-15-18(3-5-23(22)34-35-27)19-4-6-24(33-16-19)26(29(30,31)32)42-14-11-37-10-7-21(17-37)40-2/h3-6,15-16,20-21,26H,7-14,17H2,1-2H3. The molecular weight excluding hydrogens is 553 g/mol. The van der Waals surface area contributed by atoms with Crippen LogP contribution in [0, 0.1) is 0 Å². The Kier molecular flexibility index (Phi) is 8.01. The molecule has 0 spiro atoms. The molecule has 2 atom stereocenters. The molecule has 3 aromatic heterocycles. The van der Waals surface area contributed by atoms with Crippen molar-refractivity contribution >= 4 is 22.1 Å². The van der Waals surface area contributed by atoms with Gasteiger partial charge in [-0.25, -0.2) is 4.79 Å². The van der Waals surface area contributed by atoms with Gasteiger partial charge in [0.1, 0.15) is 5.52 Å². The van der Waals surface area contributed by atoms with Crippen molar-refractivity contribution in [2.75, 3.05) is 46.6 Å². The minimum atomic E-state index is -4.61. The molecule has 224 valence electrons. The second-order valence-corrected chi connectivity index (χ2v) is 10.9. The first-order valence-electron chi connectivity index (χ1n) is 14.1. The van der Waals surface area contributed by atoms with Gasteiger partial charge in [0, 0.05) is 70.2 Å². The van der Waals surface area contributed by atoms with E-state index < -0.39 is 12.3 Å². The molecule has 0 aliphatic carbocycles. The molecule has 2 saturated heterocycles. The lowest BCUT2D eigenvalue weighted by Gasteiger charge is -2.23. The van der Waals surface area contributed by atoms with Crippen molar-refractivity contribution in [3.63, 3.8) is 0 Å². The zero-order valence-electron chi connectivity index (χ0n) is 23.5. The fourth-order valence-electron chi connectivity index (χ4n) is 5.93. The molecule has 6 rings (SSSR count). The number of aryl methyl sites for hydroxylation is 1. The normalized spacial score (nSPS) is 19.7. The second kappa shape index (κ2) is 11.7. The summed E-state index contributed by atoms with van der Waals surface area (Å²) in [6.07, 6.45) is -2.94. The lowest BCUT2D eigenvalue weighted by molar-refractivity contribution is -0.225. The Labute approximate surface area is 240 Å². The summed E-state index contributed by atoms with van der Waals surface area (Å²) in [4.78, 5) is 19.4. The average Bonchev–Trinajstić information content (AvgIpc) is 3.57. The summed E-state index contributed by atoms with van der Waals surface area (Å²) in [7, 11) is 3.31. The predicted octanol–water partition coefficient (Wildman–Crippen LogP) is 4.04. The molecule has 0 bridgehead atoms. The molecule has 2 aliphatic heterocycles. The van der Waals surface area contributed by atoms with Gasteiger partial charge in [0.15, 0.2) is 11.8 Å². The van der Waals surface area contributed by atoms with E-state index in [1.807, 2.05) is 17.0 Å². The summed E-state index contributed by atoms with van der Waals surface area (Å²) in [6, 6.07) is 8.44. The number of methoxy groups -OCH3 is 1. The topological polar surface area (TPSA) is 96.5 Å². The van der Waals surface area contributed by atoms with Crippen molar-refractivity contribution in [3.05, 3.63) is 52.7 Å². The molecule has 4 aromatic rings. The van der Waals surface area contributed by atoms with Crippen LogP contribution in [-0.4, -0.2) is 88.1 Å². The number of pyridine rings is 1. The van der Waals surface area contributed by atoms with E-state index in [4.69, 9.17) is 14.2 Å². The minimum Gasteiger partial charge on any atom is -0.381 e. The molecule has 0 amide bonds. The van der Waals surface area contributed by atoms with Crippen LogP contribution in [0.2, 0.25) is 0 Å². The molecule has 1 aromatic carbocycles. The zero-order valence-corrected chi connectivity index (χ0v) is 23.5. The van der Waals surface area contributed by atoms with Crippen LogP contribution in [0.25, 0.3) is 33.2 Å². The molecule has 5 heterocycles. The SMILES string of the molecule is COC1CCN(CCOC(c2ccc(-c3ccc4nnc5c(c4c3)n(C3CCOCC3)c(=O)n5C)cn2)C(F)(F)F)C1. The van der Waals surface area contributed by atoms with E-state index in [2.05, 4.69) is 15.2 Å². The first-order chi connectivity index (χ1) is 20.2. The van der Waals surface area contributed by atoms with Gasteiger partial charge in [0.25, 0.3) is 0 Å². The van der Waals surface area contributed by atoms with Crippen molar-refractivity contribution in [2.24, 2.45) is 7.05 Å². The van der Waals surface area contributed by atoms with Gasteiger partial charge < -0.3 is 14.2 Å². The van der Waals surface area contributed by atoms with Crippen molar-refractivity contribution in [1.82, 2.24) is 29.2 Å². The van der Waals surface area contributed by atoms with E-state index >= 15 is 0 Å². The van der Waals surface area contributed by atoms with Crippen LogP contribution in [0.1, 0.15) is 37.1 Å². The van der Waals surface area contributed by atoms with Crippen LogP contribution in [-0.2, 0) is 21.3 Å². The van der Waals surface area contributed by atoms with Crippen LogP contribution in [0.5, 0.6) is 0 Å². The summed E-state index contributed by atoms with van der Waals surface area (Å²) >= 11 is 0. The molecule has 0 saturated carbocycles. The summed E-state index contributed by atoms with van der Waals surface area (Å²) in [5, 5.41) is 9.37. The van der Waals surface area contributed by atoms with Crippen molar-refractivity contribution in [1.29, 1.82) is 0 Å². The Morgan fingerprint density at radius 1 is 1.10 bits per heavy atom.